The molecule has 0 fully saturated rings. The summed E-state index contributed by atoms with van der Waals surface area (Å²) in [6, 6.07) is 14.6. The third-order valence-electron chi connectivity index (χ3n) is 3.64. The molecule has 0 radical (unpaired) electrons. The van der Waals surface area contributed by atoms with Gasteiger partial charge in [0.15, 0.2) is 0 Å². The van der Waals surface area contributed by atoms with Gasteiger partial charge in [0.2, 0.25) is 0 Å². The number of hydrogen-bond donors (Lipinski definition) is 1. The number of rotatable bonds is 7. The van der Waals surface area contributed by atoms with Crippen molar-refractivity contribution in [3.05, 3.63) is 81.5 Å². The van der Waals surface area contributed by atoms with Gasteiger partial charge in [-0.15, -0.1) is 0 Å². The maximum Gasteiger partial charge on any atom is 0.251 e. The predicted molar refractivity (Wildman–Crippen MR) is 104 cm³/mol. The average Bonchev–Trinajstić information content (AvgIpc) is 3.06. The van der Waals surface area contributed by atoms with Crippen LogP contribution in [0.15, 0.2) is 65.4 Å². The molecule has 0 unspecified atom stereocenters. The lowest BCUT2D eigenvalue weighted by Gasteiger charge is -2.09. The fourth-order valence-corrected chi connectivity index (χ4v) is 2.80. The topological polar surface area (TPSA) is 56.2 Å². The van der Waals surface area contributed by atoms with Gasteiger partial charge in [-0.05, 0) is 57.9 Å². The highest BCUT2D eigenvalue weighted by atomic mass is 79.9. The van der Waals surface area contributed by atoms with Crippen LogP contribution in [-0.4, -0.2) is 22.2 Å². The first-order valence-electron chi connectivity index (χ1n) is 8.03. The Balaban J connectivity index is 1.52. The first-order valence-corrected chi connectivity index (χ1v) is 9.21. The normalized spacial score (nSPS) is 10.5. The van der Waals surface area contributed by atoms with Gasteiger partial charge in [-0.25, -0.2) is 0 Å². The summed E-state index contributed by atoms with van der Waals surface area (Å²) in [6.45, 7) is 1.49. The highest BCUT2D eigenvalue weighted by molar-refractivity contribution is 9.10. The molecule has 2 aromatic carbocycles. The minimum absolute atomic E-state index is 0.121. The Morgan fingerprint density at radius 1 is 1.23 bits per heavy atom. The summed E-state index contributed by atoms with van der Waals surface area (Å²) >= 11 is 9.20. The van der Waals surface area contributed by atoms with Crippen molar-refractivity contribution in [3.8, 4) is 5.75 Å². The van der Waals surface area contributed by atoms with Crippen molar-refractivity contribution in [1.82, 2.24) is 15.1 Å². The molecule has 1 amide bonds. The van der Waals surface area contributed by atoms with Gasteiger partial charge in [0.05, 0.1) is 17.2 Å². The average molecular weight is 435 g/mol. The molecule has 26 heavy (non-hydrogen) atoms. The van der Waals surface area contributed by atoms with Crippen LogP contribution in [0.4, 0.5) is 0 Å². The van der Waals surface area contributed by atoms with Crippen molar-refractivity contribution in [2.24, 2.45) is 0 Å². The van der Waals surface area contributed by atoms with Crippen molar-refractivity contribution in [1.29, 1.82) is 0 Å². The van der Waals surface area contributed by atoms with Crippen LogP contribution in [0, 0.1) is 0 Å². The van der Waals surface area contributed by atoms with Crippen molar-refractivity contribution < 1.29 is 9.53 Å². The third-order valence-corrected chi connectivity index (χ3v) is 4.30. The summed E-state index contributed by atoms with van der Waals surface area (Å²) in [5.74, 6) is 0.610. The van der Waals surface area contributed by atoms with Gasteiger partial charge in [-0.2, -0.15) is 5.10 Å². The lowest BCUT2D eigenvalue weighted by Crippen LogP contribution is -2.27. The molecule has 1 aromatic heterocycles. The Kier molecular flexibility index (Phi) is 6.30. The molecule has 1 heterocycles. The Morgan fingerprint density at radius 3 is 2.77 bits per heavy atom. The van der Waals surface area contributed by atoms with Crippen LogP contribution in [0.5, 0.6) is 5.75 Å². The second-order valence-corrected chi connectivity index (χ2v) is 6.97. The number of nitrogens with one attached hydrogen (secondary N) is 1. The molecule has 0 saturated heterocycles. The zero-order valence-corrected chi connectivity index (χ0v) is 16.2. The van der Waals surface area contributed by atoms with E-state index >= 15 is 0 Å². The summed E-state index contributed by atoms with van der Waals surface area (Å²) in [5.41, 5.74) is 1.52. The Bertz CT molecular complexity index is 881. The van der Waals surface area contributed by atoms with E-state index in [1.165, 1.54) is 0 Å². The molecule has 3 aromatic rings. The van der Waals surface area contributed by atoms with Gasteiger partial charge in [-0.3, -0.25) is 9.48 Å². The summed E-state index contributed by atoms with van der Waals surface area (Å²) in [4.78, 5) is 12.3. The van der Waals surface area contributed by atoms with Crippen LogP contribution in [-0.2, 0) is 13.2 Å². The molecule has 134 valence electrons. The number of benzene rings is 2. The molecule has 0 bridgehead atoms. The monoisotopic (exact) mass is 433 g/mol. The summed E-state index contributed by atoms with van der Waals surface area (Å²) in [5, 5.41) is 7.71. The van der Waals surface area contributed by atoms with E-state index in [0.717, 1.165) is 15.8 Å². The molecule has 0 aliphatic carbocycles. The first kappa shape index (κ1) is 18.5. The minimum Gasteiger partial charge on any atom is -0.489 e. The largest absolute Gasteiger partial charge is 0.489 e. The molecule has 5 nitrogen and oxygen atoms in total. The number of halogens is 2. The standard InChI is InChI=1S/C19H17BrClN3O2/c20-16-11-23-24(12-16)9-8-22-19(25)15-3-1-2-14(10-15)13-26-18-6-4-17(21)5-7-18/h1-7,10-12H,8-9,13H2,(H,22,25). The van der Waals surface area contributed by atoms with Crippen LogP contribution >= 0.6 is 27.5 Å². The van der Waals surface area contributed by atoms with Gasteiger partial charge in [0.25, 0.3) is 5.91 Å². The van der Waals surface area contributed by atoms with E-state index in [-0.39, 0.29) is 5.91 Å². The van der Waals surface area contributed by atoms with Crippen molar-refractivity contribution >= 4 is 33.4 Å². The quantitative estimate of drug-likeness (QED) is 0.603. The number of aromatic nitrogens is 2. The Morgan fingerprint density at radius 2 is 2.04 bits per heavy atom. The molecule has 3 rings (SSSR count). The fourth-order valence-electron chi connectivity index (χ4n) is 2.35. The van der Waals surface area contributed by atoms with E-state index in [0.29, 0.717) is 30.3 Å². The number of amides is 1. The lowest BCUT2D eigenvalue weighted by atomic mass is 10.1. The molecule has 0 aliphatic rings. The fraction of sp³-hybridized carbons (Fsp3) is 0.158. The van der Waals surface area contributed by atoms with E-state index in [4.69, 9.17) is 16.3 Å². The Hall–Kier alpha value is -2.31. The smallest absolute Gasteiger partial charge is 0.251 e. The first-order chi connectivity index (χ1) is 12.6. The molecular weight excluding hydrogens is 418 g/mol. The van der Waals surface area contributed by atoms with Gasteiger partial charge < -0.3 is 10.1 Å². The van der Waals surface area contributed by atoms with Crippen LogP contribution in [0.2, 0.25) is 5.02 Å². The van der Waals surface area contributed by atoms with Crippen LogP contribution in [0.25, 0.3) is 0 Å². The highest BCUT2D eigenvalue weighted by Gasteiger charge is 2.06. The number of hydrogen-bond acceptors (Lipinski definition) is 3. The molecular formula is C19H17BrClN3O2. The molecule has 0 saturated carbocycles. The van der Waals surface area contributed by atoms with Crippen molar-refractivity contribution in [3.63, 3.8) is 0 Å². The van der Waals surface area contributed by atoms with Crippen molar-refractivity contribution in [2.45, 2.75) is 13.2 Å². The number of carbonyl (C=O) groups is 1. The lowest BCUT2D eigenvalue weighted by molar-refractivity contribution is 0.0951. The van der Waals surface area contributed by atoms with Gasteiger partial charge in [-0.1, -0.05) is 23.7 Å². The van der Waals surface area contributed by atoms with E-state index in [2.05, 4.69) is 26.3 Å². The van der Waals surface area contributed by atoms with E-state index in [1.807, 2.05) is 36.5 Å². The van der Waals surface area contributed by atoms with E-state index < -0.39 is 0 Å². The zero-order chi connectivity index (χ0) is 18.4. The molecule has 0 spiro atoms. The van der Waals surface area contributed by atoms with Gasteiger partial charge in [0, 0.05) is 23.3 Å². The maximum atomic E-state index is 12.3. The SMILES string of the molecule is O=C(NCCn1cc(Br)cn1)c1cccc(COc2ccc(Cl)cc2)c1. The second kappa shape index (κ2) is 8.87. The summed E-state index contributed by atoms with van der Waals surface area (Å²) in [7, 11) is 0. The maximum absolute atomic E-state index is 12.3. The zero-order valence-electron chi connectivity index (χ0n) is 13.9. The highest BCUT2D eigenvalue weighted by Crippen LogP contribution is 2.17. The van der Waals surface area contributed by atoms with Gasteiger partial charge in [0.1, 0.15) is 12.4 Å². The minimum atomic E-state index is -0.121. The Labute approximate surface area is 165 Å². The molecule has 1 N–H and O–H groups in total. The molecule has 0 aliphatic heterocycles. The number of ether oxygens (including phenoxy) is 1. The van der Waals surface area contributed by atoms with E-state index in [1.54, 1.807) is 29.1 Å². The van der Waals surface area contributed by atoms with Gasteiger partial charge >= 0.3 is 0 Å². The van der Waals surface area contributed by atoms with Crippen molar-refractivity contribution in [2.75, 3.05) is 6.54 Å². The predicted octanol–water partition coefficient (Wildman–Crippen LogP) is 4.31. The third kappa shape index (κ3) is 5.34. The number of nitrogens with zero attached hydrogens (tertiary/aromatic N) is 2. The summed E-state index contributed by atoms with van der Waals surface area (Å²) in [6.07, 6.45) is 3.58. The molecule has 0 atom stereocenters. The van der Waals surface area contributed by atoms with Crippen LogP contribution in [0.1, 0.15) is 15.9 Å². The van der Waals surface area contributed by atoms with E-state index in [9.17, 15) is 4.79 Å². The summed E-state index contributed by atoms with van der Waals surface area (Å²) < 4.78 is 8.40. The second-order valence-electron chi connectivity index (χ2n) is 5.62. The van der Waals surface area contributed by atoms with Crippen LogP contribution in [0.3, 0.4) is 0 Å². The number of carbonyl (C=O) groups excluding carboxylic acids is 1. The van der Waals surface area contributed by atoms with Crippen LogP contribution < -0.4 is 10.1 Å². The molecule has 7 heteroatoms.